The molecule has 3 aromatic rings. The molecule has 0 aliphatic heterocycles. The first-order chi connectivity index (χ1) is 9.86. The Balaban J connectivity index is 1.96. The number of hydrogen-bond acceptors (Lipinski definition) is 3. The molecule has 94 valence electrons. The molecule has 1 aromatic carbocycles. The summed E-state index contributed by atoms with van der Waals surface area (Å²) in [4.78, 5) is 8.42. The Bertz CT molecular complexity index is 756. The van der Waals surface area contributed by atoms with E-state index in [0.717, 1.165) is 22.4 Å². The van der Waals surface area contributed by atoms with Crippen LogP contribution in [0.3, 0.4) is 0 Å². The summed E-state index contributed by atoms with van der Waals surface area (Å²) in [6, 6.07) is 19.7. The molecule has 3 nitrogen and oxygen atoms in total. The van der Waals surface area contributed by atoms with Gasteiger partial charge in [-0.1, -0.05) is 36.4 Å². The summed E-state index contributed by atoms with van der Waals surface area (Å²) in [5.74, 6) is 0. The molecule has 3 rings (SSSR count). The summed E-state index contributed by atoms with van der Waals surface area (Å²) in [6.07, 6.45) is 3.47. The van der Waals surface area contributed by atoms with Crippen molar-refractivity contribution >= 4 is 0 Å². The topological polar surface area (TPSA) is 49.6 Å². The van der Waals surface area contributed by atoms with Crippen molar-refractivity contribution in [3.63, 3.8) is 0 Å². The van der Waals surface area contributed by atoms with E-state index in [0.29, 0.717) is 5.69 Å². The van der Waals surface area contributed by atoms with Crippen molar-refractivity contribution in [2.75, 3.05) is 0 Å². The van der Waals surface area contributed by atoms with Crippen molar-refractivity contribution in [3.8, 4) is 28.5 Å². The second kappa shape index (κ2) is 5.33. The van der Waals surface area contributed by atoms with Gasteiger partial charge in [0.15, 0.2) is 0 Å². The smallest absolute Gasteiger partial charge is 0.141 e. The van der Waals surface area contributed by atoms with Crippen LogP contribution in [-0.2, 0) is 0 Å². The van der Waals surface area contributed by atoms with Gasteiger partial charge in [-0.05, 0) is 23.8 Å². The van der Waals surface area contributed by atoms with Crippen LogP contribution in [0.4, 0.5) is 0 Å². The highest BCUT2D eigenvalue weighted by molar-refractivity contribution is 5.66. The van der Waals surface area contributed by atoms with Crippen LogP contribution >= 0.6 is 0 Å². The summed E-state index contributed by atoms with van der Waals surface area (Å²) < 4.78 is 0. The minimum atomic E-state index is 0.399. The molecule has 0 saturated heterocycles. The Morgan fingerprint density at radius 3 is 2.35 bits per heavy atom. The van der Waals surface area contributed by atoms with E-state index in [1.807, 2.05) is 48.7 Å². The zero-order valence-electron chi connectivity index (χ0n) is 10.7. The highest BCUT2D eigenvalue weighted by Gasteiger charge is 2.02. The highest BCUT2D eigenvalue weighted by atomic mass is 14.7. The molecular weight excluding hydrogens is 246 g/mol. The van der Waals surface area contributed by atoms with Gasteiger partial charge in [-0.2, -0.15) is 5.26 Å². The molecule has 0 unspecified atom stereocenters. The monoisotopic (exact) mass is 257 g/mol. The largest absolute Gasteiger partial charge is 0.256 e. The minimum absolute atomic E-state index is 0.399. The lowest BCUT2D eigenvalue weighted by molar-refractivity contribution is 1.25. The van der Waals surface area contributed by atoms with Gasteiger partial charge in [-0.15, -0.1) is 0 Å². The van der Waals surface area contributed by atoms with Gasteiger partial charge in [-0.25, -0.2) is 4.98 Å². The lowest BCUT2D eigenvalue weighted by Gasteiger charge is -2.04. The quantitative estimate of drug-likeness (QED) is 0.703. The van der Waals surface area contributed by atoms with Crippen LogP contribution in [0.15, 0.2) is 67.0 Å². The Labute approximate surface area is 117 Å². The Hall–Kier alpha value is -2.99. The molecule has 2 aromatic heterocycles. The van der Waals surface area contributed by atoms with E-state index in [1.54, 1.807) is 12.3 Å². The molecule has 0 amide bonds. The number of aromatic nitrogens is 2. The number of benzene rings is 1. The Morgan fingerprint density at radius 2 is 1.65 bits per heavy atom. The molecule has 20 heavy (non-hydrogen) atoms. The molecule has 0 N–H and O–H groups in total. The maximum absolute atomic E-state index is 8.87. The Kier molecular flexibility index (Phi) is 3.22. The maximum Gasteiger partial charge on any atom is 0.141 e. The van der Waals surface area contributed by atoms with E-state index in [1.165, 1.54) is 0 Å². The molecule has 0 bridgehead atoms. The SMILES string of the molecule is N#Cc1cc(-c2ccc(-c3ccccc3)cn2)ccn1. The second-order valence-corrected chi connectivity index (χ2v) is 4.34. The fraction of sp³-hybridized carbons (Fsp3) is 0. The summed E-state index contributed by atoms with van der Waals surface area (Å²) in [5.41, 5.74) is 4.35. The summed E-state index contributed by atoms with van der Waals surface area (Å²) >= 11 is 0. The van der Waals surface area contributed by atoms with E-state index in [9.17, 15) is 0 Å². The average molecular weight is 257 g/mol. The number of nitriles is 1. The third-order valence-electron chi connectivity index (χ3n) is 3.04. The number of nitrogens with zero attached hydrogens (tertiary/aromatic N) is 3. The molecule has 3 heteroatoms. The van der Waals surface area contributed by atoms with E-state index < -0.39 is 0 Å². The van der Waals surface area contributed by atoms with Crippen LogP contribution in [0.25, 0.3) is 22.4 Å². The van der Waals surface area contributed by atoms with Crippen LogP contribution in [0.2, 0.25) is 0 Å². The predicted octanol–water partition coefficient (Wildman–Crippen LogP) is 3.68. The second-order valence-electron chi connectivity index (χ2n) is 4.34. The molecule has 0 spiro atoms. The van der Waals surface area contributed by atoms with Crippen LogP contribution in [-0.4, -0.2) is 9.97 Å². The number of pyridine rings is 2. The van der Waals surface area contributed by atoms with Gasteiger partial charge in [0.1, 0.15) is 11.8 Å². The molecule has 0 fully saturated rings. The van der Waals surface area contributed by atoms with Gasteiger partial charge in [0.2, 0.25) is 0 Å². The third kappa shape index (κ3) is 2.40. The lowest BCUT2D eigenvalue weighted by Crippen LogP contribution is -1.87. The fourth-order valence-electron chi connectivity index (χ4n) is 2.02. The van der Waals surface area contributed by atoms with Crippen LogP contribution in [0.5, 0.6) is 0 Å². The van der Waals surface area contributed by atoms with E-state index in [2.05, 4.69) is 22.1 Å². The maximum atomic E-state index is 8.87. The van der Waals surface area contributed by atoms with Crippen molar-refractivity contribution in [2.24, 2.45) is 0 Å². The van der Waals surface area contributed by atoms with E-state index in [4.69, 9.17) is 5.26 Å². The predicted molar refractivity (Wildman–Crippen MR) is 77.6 cm³/mol. The van der Waals surface area contributed by atoms with Crippen LogP contribution in [0, 0.1) is 11.3 Å². The summed E-state index contributed by atoms with van der Waals surface area (Å²) in [6.45, 7) is 0. The van der Waals surface area contributed by atoms with Crippen molar-refractivity contribution < 1.29 is 0 Å². The Morgan fingerprint density at radius 1 is 0.800 bits per heavy atom. The first-order valence-electron chi connectivity index (χ1n) is 6.25. The van der Waals surface area contributed by atoms with Crippen molar-refractivity contribution in [1.82, 2.24) is 9.97 Å². The normalized spacial score (nSPS) is 9.95. The molecule has 0 saturated carbocycles. The number of hydrogen-bond donors (Lipinski definition) is 0. The minimum Gasteiger partial charge on any atom is -0.256 e. The molecule has 0 atom stereocenters. The summed E-state index contributed by atoms with van der Waals surface area (Å²) in [7, 11) is 0. The van der Waals surface area contributed by atoms with E-state index in [-0.39, 0.29) is 0 Å². The first-order valence-corrected chi connectivity index (χ1v) is 6.25. The van der Waals surface area contributed by atoms with Crippen molar-refractivity contribution in [2.45, 2.75) is 0 Å². The third-order valence-corrected chi connectivity index (χ3v) is 3.04. The van der Waals surface area contributed by atoms with E-state index >= 15 is 0 Å². The van der Waals surface area contributed by atoms with Gasteiger partial charge in [0.25, 0.3) is 0 Å². The van der Waals surface area contributed by atoms with Crippen LogP contribution in [0.1, 0.15) is 5.69 Å². The standard InChI is InChI=1S/C17H11N3/c18-11-16-10-14(8-9-19-16)17-7-6-15(12-20-17)13-4-2-1-3-5-13/h1-10,12H. The van der Waals surface area contributed by atoms with Gasteiger partial charge in [0.05, 0.1) is 5.69 Å². The molecule has 0 aliphatic carbocycles. The van der Waals surface area contributed by atoms with Gasteiger partial charge < -0.3 is 0 Å². The zero-order chi connectivity index (χ0) is 13.8. The lowest BCUT2D eigenvalue weighted by atomic mass is 10.1. The molecule has 2 heterocycles. The number of rotatable bonds is 2. The van der Waals surface area contributed by atoms with Gasteiger partial charge in [-0.3, -0.25) is 4.98 Å². The average Bonchev–Trinajstić information content (AvgIpc) is 2.56. The first kappa shape index (κ1) is 12.1. The zero-order valence-corrected chi connectivity index (χ0v) is 10.7. The van der Waals surface area contributed by atoms with Gasteiger partial charge >= 0.3 is 0 Å². The highest BCUT2D eigenvalue weighted by Crippen LogP contribution is 2.22. The molecule has 0 radical (unpaired) electrons. The molecular formula is C17H11N3. The van der Waals surface area contributed by atoms with Crippen molar-refractivity contribution in [1.29, 1.82) is 5.26 Å². The van der Waals surface area contributed by atoms with Crippen LogP contribution < -0.4 is 0 Å². The summed E-state index contributed by atoms with van der Waals surface area (Å²) in [5, 5.41) is 8.87. The van der Waals surface area contributed by atoms with Crippen molar-refractivity contribution in [3.05, 3.63) is 72.7 Å². The van der Waals surface area contributed by atoms with Gasteiger partial charge in [0, 0.05) is 23.5 Å². The fourth-order valence-corrected chi connectivity index (χ4v) is 2.02. The molecule has 0 aliphatic rings.